The van der Waals surface area contributed by atoms with Crippen LogP contribution in [0.5, 0.6) is 11.5 Å². The molecule has 0 radical (unpaired) electrons. The van der Waals surface area contributed by atoms with E-state index < -0.39 is 29.0 Å². The van der Waals surface area contributed by atoms with E-state index in [4.69, 9.17) is 15.6 Å². The number of carbonyl (C=O) groups is 1. The van der Waals surface area contributed by atoms with Crippen LogP contribution in [0.3, 0.4) is 0 Å². The fourth-order valence-electron chi connectivity index (χ4n) is 4.20. The van der Waals surface area contributed by atoms with E-state index in [0.717, 1.165) is 6.08 Å². The van der Waals surface area contributed by atoms with Gasteiger partial charge in [-0.3, -0.25) is 4.79 Å². The lowest BCUT2D eigenvalue weighted by atomic mass is 10.1. The minimum atomic E-state index is -1.66. The predicted molar refractivity (Wildman–Crippen MR) is 124 cm³/mol. The standard InChI is InChI=1S/C24H18F4N6O3/c25-15-9-16(26)20(28)22(19(15)27)37-14-3-1-12(2-4-14)21-18-23(29)30-11-31-24(18)34(32-21)13-5-7-33(10-13)17(36)6-8-35/h1-4,6,8-9,11,13,35H,5,7,10H2,(H2,29,30,31)/b8-6-/t13-/m1/s1. The maximum atomic E-state index is 14.0. The Morgan fingerprint density at radius 1 is 1.11 bits per heavy atom. The molecule has 0 spiro atoms. The highest BCUT2D eigenvalue weighted by Crippen LogP contribution is 2.36. The Balaban J connectivity index is 1.48. The number of hydrogen-bond acceptors (Lipinski definition) is 7. The largest absolute Gasteiger partial charge is 0.515 e. The Kier molecular flexibility index (Phi) is 6.11. The molecule has 0 bridgehead atoms. The molecule has 2 aromatic carbocycles. The third-order valence-corrected chi connectivity index (χ3v) is 5.98. The topological polar surface area (TPSA) is 119 Å². The quantitative estimate of drug-likeness (QED) is 0.177. The van der Waals surface area contributed by atoms with E-state index in [-0.39, 0.29) is 29.6 Å². The average Bonchev–Trinajstić information content (AvgIpc) is 3.52. The second-order valence-corrected chi connectivity index (χ2v) is 8.22. The second kappa shape index (κ2) is 9.41. The number of aromatic nitrogens is 4. The number of fused-ring (bicyclic) bond motifs is 1. The number of nitrogens with two attached hydrogens (primary N) is 1. The van der Waals surface area contributed by atoms with E-state index in [0.29, 0.717) is 48.1 Å². The zero-order valence-corrected chi connectivity index (χ0v) is 18.9. The lowest BCUT2D eigenvalue weighted by Gasteiger charge is -2.14. The van der Waals surface area contributed by atoms with Crippen molar-refractivity contribution < 1.29 is 32.2 Å². The molecule has 37 heavy (non-hydrogen) atoms. The molecule has 1 aliphatic rings. The van der Waals surface area contributed by atoms with E-state index in [1.54, 1.807) is 9.58 Å². The molecule has 9 nitrogen and oxygen atoms in total. The molecule has 190 valence electrons. The number of carbonyl (C=O) groups excluding carboxylic acids is 1. The summed E-state index contributed by atoms with van der Waals surface area (Å²) in [6.45, 7) is 0.780. The molecule has 1 atom stereocenters. The zero-order chi connectivity index (χ0) is 26.3. The third-order valence-electron chi connectivity index (χ3n) is 5.98. The van der Waals surface area contributed by atoms with Crippen molar-refractivity contribution in [3.8, 4) is 22.8 Å². The minimum Gasteiger partial charge on any atom is -0.515 e. The zero-order valence-electron chi connectivity index (χ0n) is 18.9. The van der Waals surface area contributed by atoms with Gasteiger partial charge in [-0.2, -0.15) is 13.9 Å². The van der Waals surface area contributed by atoms with Crippen LogP contribution in [0, 0.1) is 23.3 Å². The lowest BCUT2D eigenvalue weighted by molar-refractivity contribution is -0.125. The molecule has 1 aliphatic heterocycles. The molecule has 0 aliphatic carbocycles. The maximum Gasteiger partial charge on any atom is 0.249 e. The van der Waals surface area contributed by atoms with Gasteiger partial charge < -0.3 is 20.5 Å². The number of nitrogens with zero attached hydrogens (tertiary/aromatic N) is 5. The fourth-order valence-corrected chi connectivity index (χ4v) is 4.20. The van der Waals surface area contributed by atoms with Crippen molar-refractivity contribution >= 4 is 22.8 Å². The van der Waals surface area contributed by atoms with Crippen molar-refractivity contribution in [3.05, 3.63) is 72.3 Å². The monoisotopic (exact) mass is 514 g/mol. The summed E-state index contributed by atoms with van der Waals surface area (Å²) in [6, 6.07) is 5.61. The van der Waals surface area contributed by atoms with E-state index >= 15 is 0 Å². The van der Waals surface area contributed by atoms with Gasteiger partial charge >= 0.3 is 0 Å². The first-order valence-electron chi connectivity index (χ1n) is 11.0. The molecule has 1 amide bonds. The molecule has 1 fully saturated rings. The smallest absolute Gasteiger partial charge is 0.249 e. The molecule has 0 unspecified atom stereocenters. The summed E-state index contributed by atoms with van der Waals surface area (Å²) in [4.78, 5) is 22.0. The van der Waals surface area contributed by atoms with Crippen LogP contribution in [0.2, 0.25) is 0 Å². The number of ether oxygens (including phenoxy) is 1. The number of likely N-dealkylation sites (tertiary alicyclic amines) is 1. The maximum absolute atomic E-state index is 14.0. The van der Waals surface area contributed by atoms with Crippen LogP contribution in [0.4, 0.5) is 23.4 Å². The van der Waals surface area contributed by atoms with Gasteiger partial charge in [-0.15, -0.1) is 0 Å². The van der Waals surface area contributed by atoms with Gasteiger partial charge in [0, 0.05) is 30.8 Å². The molecular formula is C24H18F4N6O3. The molecule has 3 N–H and O–H groups in total. The molecule has 2 aromatic heterocycles. The Morgan fingerprint density at radius 2 is 1.81 bits per heavy atom. The number of amides is 1. The summed E-state index contributed by atoms with van der Waals surface area (Å²) in [5, 5.41) is 14.0. The highest BCUT2D eigenvalue weighted by atomic mass is 19.2. The highest BCUT2D eigenvalue weighted by Gasteiger charge is 2.30. The number of benzene rings is 2. The van der Waals surface area contributed by atoms with Crippen LogP contribution in [-0.4, -0.2) is 48.8 Å². The normalized spacial score (nSPS) is 15.7. The van der Waals surface area contributed by atoms with E-state index in [9.17, 15) is 22.4 Å². The van der Waals surface area contributed by atoms with Gasteiger partial charge in [0.25, 0.3) is 0 Å². The van der Waals surface area contributed by atoms with Gasteiger partial charge in [-0.05, 0) is 30.7 Å². The van der Waals surface area contributed by atoms with Crippen LogP contribution in [0.15, 0.2) is 49.0 Å². The number of aliphatic hydroxyl groups is 1. The SMILES string of the molecule is Nc1ncnc2c1c(-c1ccc(Oc3c(F)c(F)cc(F)c3F)cc1)nn2[C@@H]1CCN(C(=O)/C=C\O)C1. The summed E-state index contributed by atoms with van der Waals surface area (Å²) in [6.07, 6.45) is 3.63. The van der Waals surface area contributed by atoms with Crippen molar-refractivity contribution in [3.63, 3.8) is 0 Å². The van der Waals surface area contributed by atoms with Crippen molar-refractivity contribution in [2.75, 3.05) is 18.8 Å². The fraction of sp³-hybridized carbons (Fsp3) is 0.167. The van der Waals surface area contributed by atoms with Crippen molar-refractivity contribution in [2.24, 2.45) is 0 Å². The summed E-state index contributed by atoms with van der Waals surface area (Å²) in [5.74, 6) is -7.93. The van der Waals surface area contributed by atoms with Crippen LogP contribution < -0.4 is 10.5 Å². The molecule has 0 saturated carbocycles. The van der Waals surface area contributed by atoms with Gasteiger partial charge in [-0.1, -0.05) is 0 Å². The summed E-state index contributed by atoms with van der Waals surface area (Å²) in [7, 11) is 0. The number of rotatable bonds is 5. The Morgan fingerprint density at radius 3 is 2.49 bits per heavy atom. The van der Waals surface area contributed by atoms with Crippen molar-refractivity contribution in [1.29, 1.82) is 0 Å². The first-order valence-corrected chi connectivity index (χ1v) is 11.0. The second-order valence-electron chi connectivity index (χ2n) is 8.22. The summed E-state index contributed by atoms with van der Waals surface area (Å²) >= 11 is 0. The minimum absolute atomic E-state index is 0.0820. The van der Waals surface area contributed by atoms with Crippen LogP contribution in [-0.2, 0) is 4.79 Å². The lowest BCUT2D eigenvalue weighted by Crippen LogP contribution is -2.27. The highest BCUT2D eigenvalue weighted by molar-refractivity contribution is 5.98. The molecule has 1 saturated heterocycles. The van der Waals surface area contributed by atoms with Crippen LogP contribution in [0.1, 0.15) is 12.5 Å². The number of halogens is 4. The van der Waals surface area contributed by atoms with Crippen molar-refractivity contribution in [2.45, 2.75) is 12.5 Å². The first-order chi connectivity index (χ1) is 17.8. The Bertz CT molecular complexity index is 1510. The van der Waals surface area contributed by atoms with Gasteiger partial charge in [-0.25, -0.2) is 23.4 Å². The number of nitrogen functional groups attached to an aromatic ring is 1. The summed E-state index contributed by atoms with van der Waals surface area (Å²) < 4.78 is 61.7. The van der Waals surface area contributed by atoms with E-state index in [2.05, 4.69) is 15.1 Å². The number of anilines is 1. The van der Waals surface area contributed by atoms with Gasteiger partial charge in [0.05, 0.1) is 17.7 Å². The van der Waals surface area contributed by atoms with Crippen LogP contribution >= 0.6 is 0 Å². The Labute approximate surface area is 206 Å². The molecule has 13 heteroatoms. The third kappa shape index (κ3) is 4.28. The van der Waals surface area contributed by atoms with Crippen LogP contribution in [0.25, 0.3) is 22.3 Å². The van der Waals surface area contributed by atoms with Gasteiger partial charge in [0.2, 0.25) is 23.3 Å². The molecular weight excluding hydrogens is 496 g/mol. The number of hydrogen-bond donors (Lipinski definition) is 2. The Hall–Kier alpha value is -4.68. The average molecular weight is 514 g/mol. The molecule has 3 heterocycles. The van der Waals surface area contributed by atoms with E-state index in [1.807, 2.05) is 0 Å². The van der Waals surface area contributed by atoms with Gasteiger partial charge in [0.1, 0.15) is 23.6 Å². The summed E-state index contributed by atoms with van der Waals surface area (Å²) in [5.41, 5.74) is 7.51. The first kappa shape index (κ1) is 24.0. The molecule has 4 aromatic rings. The van der Waals surface area contributed by atoms with Crippen molar-refractivity contribution in [1.82, 2.24) is 24.6 Å². The van der Waals surface area contributed by atoms with Gasteiger partial charge in [0.15, 0.2) is 17.3 Å². The predicted octanol–water partition coefficient (Wildman–Crippen LogP) is 4.27. The number of aliphatic hydroxyl groups excluding tert-OH is 1. The van der Waals surface area contributed by atoms with E-state index in [1.165, 1.54) is 30.6 Å². The molecule has 5 rings (SSSR count).